The topological polar surface area (TPSA) is 38.0 Å². The Labute approximate surface area is 137 Å². The molecule has 1 N–H and O–H groups in total. The Morgan fingerprint density at radius 1 is 1.04 bits per heavy atom. The Morgan fingerprint density at radius 2 is 1.65 bits per heavy atom. The summed E-state index contributed by atoms with van der Waals surface area (Å²) < 4.78 is 2.15. The van der Waals surface area contributed by atoms with Crippen LogP contribution in [-0.4, -0.2) is 14.7 Å². The first-order valence-electron chi connectivity index (χ1n) is 8.09. The SMILES string of the molecule is Cc1cc(C)c(C)c(Cn2c([C@@H](C)O)nc3ccccc32)c1C. The molecule has 0 spiro atoms. The van der Waals surface area contributed by atoms with Gasteiger partial charge in [-0.3, -0.25) is 0 Å². The smallest absolute Gasteiger partial charge is 0.138 e. The third kappa shape index (κ3) is 2.66. The lowest BCUT2D eigenvalue weighted by molar-refractivity contribution is 0.185. The van der Waals surface area contributed by atoms with E-state index in [1.54, 1.807) is 6.92 Å². The van der Waals surface area contributed by atoms with Crippen molar-refractivity contribution in [3.8, 4) is 0 Å². The number of rotatable bonds is 3. The molecule has 0 radical (unpaired) electrons. The fourth-order valence-corrected chi connectivity index (χ4v) is 3.27. The molecule has 1 atom stereocenters. The number of imidazole rings is 1. The highest BCUT2D eigenvalue weighted by molar-refractivity contribution is 5.76. The van der Waals surface area contributed by atoms with E-state index >= 15 is 0 Å². The predicted molar refractivity (Wildman–Crippen MR) is 94.9 cm³/mol. The molecule has 2 aromatic carbocycles. The summed E-state index contributed by atoms with van der Waals surface area (Å²) >= 11 is 0. The van der Waals surface area contributed by atoms with Crippen LogP contribution in [0.2, 0.25) is 0 Å². The van der Waals surface area contributed by atoms with Crippen LogP contribution in [0, 0.1) is 27.7 Å². The van der Waals surface area contributed by atoms with Gasteiger partial charge < -0.3 is 9.67 Å². The molecule has 3 heteroatoms. The van der Waals surface area contributed by atoms with E-state index in [4.69, 9.17) is 0 Å². The van der Waals surface area contributed by atoms with Crippen molar-refractivity contribution < 1.29 is 5.11 Å². The van der Waals surface area contributed by atoms with Gasteiger partial charge in [0.05, 0.1) is 11.0 Å². The second kappa shape index (κ2) is 5.82. The second-order valence-electron chi connectivity index (χ2n) is 6.46. The zero-order valence-corrected chi connectivity index (χ0v) is 14.5. The van der Waals surface area contributed by atoms with E-state index in [2.05, 4.69) is 49.4 Å². The standard InChI is InChI=1S/C20H24N2O/c1-12-10-13(2)15(4)17(14(12)3)11-22-19-9-7-6-8-18(19)21-20(22)16(5)23/h6-10,16,23H,11H2,1-5H3/t16-/m1/s1. The highest BCUT2D eigenvalue weighted by Gasteiger charge is 2.17. The fraction of sp³-hybridized carbons (Fsp3) is 0.350. The molecule has 0 aliphatic rings. The first-order chi connectivity index (χ1) is 10.9. The molecule has 3 rings (SSSR count). The number of para-hydroxylation sites is 2. The molecular weight excluding hydrogens is 284 g/mol. The van der Waals surface area contributed by atoms with Gasteiger partial charge in [-0.25, -0.2) is 4.98 Å². The molecule has 0 bridgehead atoms. The lowest BCUT2D eigenvalue weighted by Crippen LogP contribution is -2.11. The molecule has 3 aromatic rings. The van der Waals surface area contributed by atoms with E-state index in [1.807, 2.05) is 18.2 Å². The Bertz CT molecular complexity index is 849. The van der Waals surface area contributed by atoms with Crippen molar-refractivity contribution in [1.82, 2.24) is 9.55 Å². The van der Waals surface area contributed by atoms with Crippen LogP contribution in [0.15, 0.2) is 30.3 Å². The molecule has 0 aliphatic carbocycles. The van der Waals surface area contributed by atoms with Crippen LogP contribution in [0.1, 0.15) is 46.7 Å². The normalized spacial score (nSPS) is 12.8. The van der Waals surface area contributed by atoms with Crippen molar-refractivity contribution in [2.75, 3.05) is 0 Å². The van der Waals surface area contributed by atoms with Gasteiger partial charge in [0.1, 0.15) is 11.9 Å². The zero-order valence-electron chi connectivity index (χ0n) is 14.5. The van der Waals surface area contributed by atoms with Gasteiger partial charge in [-0.15, -0.1) is 0 Å². The van der Waals surface area contributed by atoms with Crippen molar-refractivity contribution >= 4 is 11.0 Å². The van der Waals surface area contributed by atoms with E-state index in [9.17, 15) is 5.11 Å². The van der Waals surface area contributed by atoms with Crippen molar-refractivity contribution in [1.29, 1.82) is 0 Å². The van der Waals surface area contributed by atoms with Gasteiger partial charge in [-0.1, -0.05) is 18.2 Å². The predicted octanol–water partition coefficient (Wildman–Crippen LogP) is 4.37. The number of aryl methyl sites for hydroxylation is 2. The van der Waals surface area contributed by atoms with Crippen molar-refractivity contribution in [3.63, 3.8) is 0 Å². The Hall–Kier alpha value is -2.13. The number of hydrogen-bond acceptors (Lipinski definition) is 2. The first-order valence-corrected chi connectivity index (χ1v) is 8.09. The molecule has 0 amide bonds. The number of nitrogens with zero attached hydrogens (tertiary/aromatic N) is 2. The summed E-state index contributed by atoms with van der Waals surface area (Å²) in [6.45, 7) is 11.2. The number of aliphatic hydroxyl groups is 1. The molecule has 1 aromatic heterocycles. The first kappa shape index (κ1) is 15.8. The van der Waals surface area contributed by atoms with Crippen LogP contribution >= 0.6 is 0 Å². The Kier molecular flexibility index (Phi) is 3.99. The lowest BCUT2D eigenvalue weighted by Gasteiger charge is -2.18. The molecule has 0 unspecified atom stereocenters. The van der Waals surface area contributed by atoms with Gasteiger partial charge in [0.15, 0.2) is 0 Å². The van der Waals surface area contributed by atoms with Crippen LogP contribution in [0.4, 0.5) is 0 Å². The molecule has 120 valence electrons. The van der Waals surface area contributed by atoms with Crippen LogP contribution in [0.25, 0.3) is 11.0 Å². The van der Waals surface area contributed by atoms with E-state index in [0.717, 1.165) is 23.4 Å². The van der Waals surface area contributed by atoms with Gasteiger partial charge in [0, 0.05) is 6.54 Å². The summed E-state index contributed by atoms with van der Waals surface area (Å²) in [5, 5.41) is 10.1. The molecular formula is C20H24N2O. The largest absolute Gasteiger partial charge is 0.385 e. The maximum atomic E-state index is 10.1. The molecule has 0 saturated heterocycles. The van der Waals surface area contributed by atoms with Gasteiger partial charge in [-0.2, -0.15) is 0 Å². The maximum absolute atomic E-state index is 10.1. The average molecular weight is 308 g/mol. The fourth-order valence-electron chi connectivity index (χ4n) is 3.27. The van der Waals surface area contributed by atoms with Crippen LogP contribution < -0.4 is 0 Å². The molecule has 0 saturated carbocycles. The summed E-state index contributed by atoms with van der Waals surface area (Å²) in [4.78, 5) is 4.63. The minimum Gasteiger partial charge on any atom is -0.385 e. The van der Waals surface area contributed by atoms with Gasteiger partial charge in [-0.05, 0) is 74.6 Å². The molecule has 0 fully saturated rings. The van der Waals surface area contributed by atoms with Crippen LogP contribution in [0.5, 0.6) is 0 Å². The van der Waals surface area contributed by atoms with Crippen molar-refractivity contribution in [2.45, 2.75) is 47.3 Å². The number of aliphatic hydroxyl groups excluding tert-OH is 1. The summed E-state index contributed by atoms with van der Waals surface area (Å²) in [6.07, 6.45) is -0.589. The number of hydrogen-bond donors (Lipinski definition) is 1. The molecule has 0 aliphatic heterocycles. The zero-order chi connectivity index (χ0) is 16.7. The van der Waals surface area contributed by atoms with Crippen LogP contribution in [-0.2, 0) is 6.54 Å². The number of fused-ring (bicyclic) bond motifs is 1. The Morgan fingerprint density at radius 3 is 2.26 bits per heavy atom. The quantitative estimate of drug-likeness (QED) is 0.780. The summed E-state index contributed by atoms with van der Waals surface area (Å²) in [6, 6.07) is 10.3. The second-order valence-corrected chi connectivity index (χ2v) is 6.46. The van der Waals surface area contributed by atoms with Gasteiger partial charge in [0.25, 0.3) is 0 Å². The van der Waals surface area contributed by atoms with E-state index in [1.165, 1.54) is 27.8 Å². The highest BCUT2D eigenvalue weighted by atomic mass is 16.3. The molecule has 23 heavy (non-hydrogen) atoms. The lowest BCUT2D eigenvalue weighted by atomic mass is 9.94. The van der Waals surface area contributed by atoms with Gasteiger partial charge in [0.2, 0.25) is 0 Å². The highest BCUT2D eigenvalue weighted by Crippen LogP contribution is 2.27. The minimum absolute atomic E-state index is 0.589. The summed E-state index contributed by atoms with van der Waals surface area (Å²) in [5.41, 5.74) is 8.60. The van der Waals surface area contributed by atoms with Crippen LogP contribution in [0.3, 0.4) is 0 Å². The Balaban J connectivity index is 2.21. The summed E-state index contributed by atoms with van der Waals surface area (Å²) in [7, 11) is 0. The average Bonchev–Trinajstić information content (AvgIpc) is 2.88. The maximum Gasteiger partial charge on any atom is 0.138 e. The minimum atomic E-state index is -0.589. The van der Waals surface area contributed by atoms with Crippen molar-refractivity contribution in [3.05, 3.63) is 64.0 Å². The van der Waals surface area contributed by atoms with E-state index < -0.39 is 6.10 Å². The third-order valence-corrected chi connectivity index (χ3v) is 4.90. The molecule has 1 heterocycles. The molecule has 3 nitrogen and oxygen atoms in total. The third-order valence-electron chi connectivity index (χ3n) is 4.90. The van der Waals surface area contributed by atoms with E-state index in [0.29, 0.717) is 0 Å². The summed E-state index contributed by atoms with van der Waals surface area (Å²) in [5.74, 6) is 0.726. The monoisotopic (exact) mass is 308 g/mol. The number of aromatic nitrogens is 2. The van der Waals surface area contributed by atoms with Crippen molar-refractivity contribution in [2.24, 2.45) is 0 Å². The van der Waals surface area contributed by atoms with E-state index in [-0.39, 0.29) is 0 Å². The number of benzene rings is 2. The van der Waals surface area contributed by atoms with Gasteiger partial charge >= 0.3 is 0 Å².